The Bertz CT molecular complexity index is 1890. The first-order valence-corrected chi connectivity index (χ1v) is 22.6. The lowest BCUT2D eigenvalue weighted by atomic mass is 9.50. The van der Waals surface area contributed by atoms with Crippen LogP contribution in [0.4, 0.5) is 11.4 Å². The lowest BCUT2D eigenvalue weighted by Crippen LogP contribution is -2.75. The molecule has 6 aliphatic rings. The average Bonchev–Trinajstić information content (AvgIpc) is 3.40. The van der Waals surface area contributed by atoms with Gasteiger partial charge in [0.05, 0.1) is 34.7 Å². The standard InChI is InChI=1S/C37H46N4O5SSi/c1-7-8-9-17-29(43)38-20-18-36-26-14-10-11-15-27(26)41(47(44,45)22-23-48(4,5)6)34-37(36)19-21-39(33(36)38)31(32-35(2,3)46-32)25-13-12-16-28(30(25)37)40(34)24-42/h7-17,24,31-34H,18-23H2,1-6H3/b8-7+,17-9+/t31-,32+,33+,34-,36-,37-/m0/s1. The number of hydrogen-bond acceptors (Lipinski definition) is 6. The molecule has 2 amide bonds. The van der Waals surface area contributed by atoms with Crippen molar-refractivity contribution in [2.45, 2.75) is 100 Å². The van der Waals surface area contributed by atoms with E-state index in [1.165, 1.54) is 0 Å². The molecule has 2 aromatic carbocycles. The van der Waals surface area contributed by atoms with Crippen LogP contribution < -0.4 is 9.21 Å². The summed E-state index contributed by atoms with van der Waals surface area (Å²) in [6.45, 7) is 13.9. The fourth-order valence-corrected chi connectivity index (χ4v) is 14.9. The SMILES string of the molecule is C/C=C/C=C/C(=O)N1CC[C@@]23c4ccccc4N(S(=O)(=O)CC[Si](C)(C)C)[C@@H]4N(C=O)c5cccc6c5[C@@]42CCN([C@@H]13)[C@@H]6[C@H]1OC1(C)C. The molecule has 0 aliphatic carbocycles. The number of sulfonamides is 1. The highest BCUT2D eigenvalue weighted by atomic mass is 32.2. The maximum Gasteiger partial charge on any atom is 0.247 e. The van der Waals surface area contributed by atoms with Gasteiger partial charge >= 0.3 is 0 Å². The summed E-state index contributed by atoms with van der Waals surface area (Å²) in [5.41, 5.74) is 2.65. The number of anilines is 2. The van der Waals surface area contributed by atoms with Gasteiger partial charge in [0.15, 0.2) is 0 Å². The summed E-state index contributed by atoms with van der Waals surface area (Å²) < 4.78 is 37.8. The largest absolute Gasteiger partial charge is 0.365 e. The number of piperidine rings is 1. The first-order chi connectivity index (χ1) is 22.7. The third kappa shape index (κ3) is 4.04. The molecule has 3 fully saturated rings. The Hall–Kier alpha value is -3.25. The first kappa shape index (κ1) is 32.0. The molecule has 8 rings (SSSR count). The van der Waals surface area contributed by atoms with E-state index in [9.17, 15) is 18.0 Å². The Morgan fingerprint density at radius 3 is 2.38 bits per heavy atom. The second-order valence-corrected chi connectivity index (χ2v) is 23.7. The minimum Gasteiger partial charge on any atom is -0.365 e. The van der Waals surface area contributed by atoms with Gasteiger partial charge in [-0.1, -0.05) is 68.2 Å². The highest BCUT2D eigenvalue weighted by molar-refractivity contribution is 7.92. The number of epoxide rings is 1. The van der Waals surface area contributed by atoms with Crippen LogP contribution in [-0.2, 0) is 35.2 Å². The molecule has 1 unspecified atom stereocenters. The number of carbonyl (C=O) groups excluding carboxylic acids is 2. The van der Waals surface area contributed by atoms with E-state index in [-0.39, 0.29) is 35.6 Å². The number of likely N-dealkylation sites (tertiary alicyclic amines) is 1. The molecule has 0 aromatic heterocycles. The topological polar surface area (TPSA) is 93.8 Å². The maximum atomic E-state index is 14.9. The molecule has 2 aromatic rings. The van der Waals surface area contributed by atoms with Crippen LogP contribution in [0.1, 0.15) is 56.3 Å². The molecular weight excluding hydrogens is 641 g/mol. The Morgan fingerprint density at radius 2 is 1.69 bits per heavy atom. The lowest BCUT2D eigenvalue weighted by molar-refractivity contribution is -0.138. The van der Waals surface area contributed by atoms with Crippen LogP contribution in [0.2, 0.25) is 25.7 Å². The van der Waals surface area contributed by atoms with Gasteiger partial charge in [0.25, 0.3) is 0 Å². The van der Waals surface area contributed by atoms with E-state index in [1.54, 1.807) is 21.4 Å². The smallest absolute Gasteiger partial charge is 0.247 e. The van der Waals surface area contributed by atoms with E-state index in [0.717, 1.165) is 28.8 Å². The number of fused-ring (bicyclic) bond motifs is 1. The van der Waals surface area contributed by atoms with Crippen LogP contribution >= 0.6 is 0 Å². The van der Waals surface area contributed by atoms with E-state index in [2.05, 4.69) is 50.5 Å². The molecule has 254 valence electrons. The lowest BCUT2D eigenvalue weighted by Gasteiger charge is -2.63. The van der Waals surface area contributed by atoms with Crippen LogP contribution in [0.25, 0.3) is 0 Å². The van der Waals surface area contributed by atoms with Crippen molar-refractivity contribution in [3.63, 3.8) is 0 Å². The number of allylic oxidation sites excluding steroid dienone is 3. The zero-order valence-electron chi connectivity index (χ0n) is 28.7. The second kappa shape index (κ2) is 10.4. The van der Waals surface area contributed by atoms with Crippen molar-refractivity contribution in [1.29, 1.82) is 0 Å². The predicted octanol–water partition coefficient (Wildman–Crippen LogP) is 5.28. The summed E-state index contributed by atoms with van der Waals surface area (Å²) in [6.07, 6.45) is 8.06. The summed E-state index contributed by atoms with van der Waals surface area (Å²) in [5, 5.41) is 0. The summed E-state index contributed by atoms with van der Waals surface area (Å²) in [6, 6.07) is 14.5. The van der Waals surface area contributed by atoms with Crippen molar-refractivity contribution < 1.29 is 22.7 Å². The Balaban J connectivity index is 1.45. The molecule has 48 heavy (non-hydrogen) atoms. The molecule has 3 saturated heterocycles. The predicted molar refractivity (Wildman–Crippen MR) is 190 cm³/mol. The average molecular weight is 687 g/mol. The van der Waals surface area contributed by atoms with Crippen molar-refractivity contribution in [3.8, 4) is 0 Å². The summed E-state index contributed by atoms with van der Waals surface area (Å²) in [5.74, 6) is -0.0442. The van der Waals surface area contributed by atoms with E-state index in [0.29, 0.717) is 37.7 Å². The molecule has 2 spiro atoms. The van der Waals surface area contributed by atoms with Crippen LogP contribution in [0.15, 0.2) is 66.8 Å². The first-order valence-electron chi connectivity index (χ1n) is 17.3. The number of benzene rings is 2. The molecule has 0 saturated carbocycles. The van der Waals surface area contributed by atoms with Gasteiger partial charge in [-0.2, -0.15) is 0 Å². The molecule has 7 atom stereocenters. The Labute approximate surface area is 285 Å². The maximum absolute atomic E-state index is 14.9. The third-order valence-corrected chi connectivity index (χ3v) is 15.9. The van der Waals surface area contributed by atoms with E-state index in [1.807, 2.05) is 54.3 Å². The Kier molecular flexibility index (Phi) is 6.92. The van der Waals surface area contributed by atoms with Crippen LogP contribution in [0, 0.1) is 0 Å². The number of rotatable bonds is 8. The van der Waals surface area contributed by atoms with E-state index >= 15 is 0 Å². The molecule has 9 nitrogen and oxygen atoms in total. The molecule has 11 heteroatoms. The number of amides is 2. The highest BCUT2D eigenvalue weighted by Crippen LogP contribution is 2.73. The number of ether oxygens (including phenoxy) is 1. The molecule has 2 bridgehead atoms. The molecule has 0 radical (unpaired) electrons. The highest BCUT2D eigenvalue weighted by Gasteiger charge is 2.79. The number of para-hydroxylation sites is 1. The van der Waals surface area contributed by atoms with Crippen LogP contribution in [0.3, 0.4) is 0 Å². The number of nitrogens with zero attached hydrogens (tertiary/aromatic N) is 4. The summed E-state index contributed by atoms with van der Waals surface area (Å²) in [4.78, 5) is 33.9. The van der Waals surface area contributed by atoms with Gasteiger partial charge in [-0.05, 0) is 68.5 Å². The zero-order valence-corrected chi connectivity index (χ0v) is 30.5. The van der Waals surface area contributed by atoms with Crippen LogP contribution in [0.5, 0.6) is 0 Å². The zero-order chi connectivity index (χ0) is 34.0. The van der Waals surface area contributed by atoms with Gasteiger partial charge in [-0.25, -0.2) is 12.7 Å². The molecule has 0 N–H and O–H groups in total. The van der Waals surface area contributed by atoms with Crippen molar-refractivity contribution in [2.75, 3.05) is 28.0 Å². The fourth-order valence-electron chi connectivity index (χ4n) is 10.2. The fraction of sp³-hybridized carbons (Fsp3) is 0.514. The van der Waals surface area contributed by atoms with Crippen molar-refractivity contribution in [3.05, 3.63) is 83.5 Å². The van der Waals surface area contributed by atoms with Gasteiger partial charge in [-0.15, -0.1) is 0 Å². The Morgan fingerprint density at radius 1 is 0.979 bits per heavy atom. The molecular formula is C37H46N4O5SSi. The summed E-state index contributed by atoms with van der Waals surface area (Å²) >= 11 is 0. The van der Waals surface area contributed by atoms with E-state index < -0.39 is 35.1 Å². The molecule has 6 heterocycles. The number of hydrogen-bond donors (Lipinski definition) is 0. The number of carbonyl (C=O) groups is 2. The second-order valence-electron chi connectivity index (χ2n) is 16.1. The normalized spacial score (nSPS) is 34.0. The monoisotopic (exact) mass is 686 g/mol. The van der Waals surface area contributed by atoms with Gasteiger partial charge < -0.3 is 9.64 Å². The molecule has 6 aliphatic heterocycles. The van der Waals surface area contributed by atoms with Crippen molar-refractivity contribution in [1.82, 2.24) is 9.80 Å². The van der Waals surface area contributed by atoms with Crippen molar-refractivity contribution in [2.24, 2.45) is 0 Å². The van der Waals surface area contributed by atoms with Gasteiger partial charge in [0, 0.05) is 38.3 Å². The summed E-state index contributed by atoms with van der Waals surface area (Å²) in [7, 11) is -5.62. The van der Waals surface area contributed by atoms with Crippen molar-refractivity contribution >= 4 is 41.8 Å². The minimum absolute atomic E-state index is 0.0230. The van der Waals surface area contributed by atoms with Gasteiger partial charge in [0.1, 0.15) is 12.3 Å². The van der Waals surface area contributed by atoms with E-state index in [4.69, 9.17) is 4.74 Å². The third-order valence-electron chi connectivity index (χ3n) is 12.1. The quantitative estimate of drug-likeness (QED) is 0.123. The minimum atomic E-state index is -3.88. The van der Waals surface area contributed by atoms with Crippen LogP contribution in [-0.4, -0.2) is 81.5 Å². The van der Waals surface area contributed by atoms with Gasteiger partial charge in [-0.3, -0.25) is 19.4 Å². The van der Waals surface area contributed by atoms with Gasteiger partial charge in [0.2, 0.25) is 22.3 Å².